The summed E-state index contributed by atoms with van der Waals surface area (Å²) >= 11 is 1.32. The van der Waals surface area contributed by atoms with Crippen molar-refractivity contribution in [2.24, 2.45) is 0 Å². The highest BCUT2D eigenvalue weighted by molar-refractivity contribution is 7.14. The molecule has 10 heteroatoms. The summed E-state index contributed by atoms with van der Waals surface area (Å²) in [6.07, 6.45) is -2.72. The van der Waals surface area contributed by atoms with Gasteiger partial charge in [0.1, 0.15) is 6.54 Å². The molecule has 0 spiro atoms. The average Bonchev–Trinajstić information content (AvgIpc) is 3.11. The molecule has 2 aromatic heterocycles. The number of aromatic nitrogens is 2. The van der Waals surface area contributed by atoms with E-state index in [0.29, 0.717) is 4.88 Å². The van der Waals surface area contributed by atoms with Crippen molar-refractivity contribution in [3.8, 4) is 0 Å². The van der Waals surface area contributed by atoms with Gasteiger partial charge in [-0.3, -0.25) is 25.1 Å². The molecule has 6 nitrogen and oxygen atoms in total. The van der Waals surface area contributed by atoms with Crippen LogP contribution in [0.3, 0.4) is 0 Å². The number of amides is 2. The van der Waals surface area contributed by atoms with Gasteiger partial charge in [0.15, 0.2) is 5.69 Å². The van der Waals surface area contributed by atoms with Crippen molar-refractivity contribution in [2.45, 2.75) is 33.0 Å². The fourth-order valence-corrected chi connectivity index (χ4v) is 2.97. The number of hydrogen-bond donors (Lipinski definition) is 2. The lowest BCUT2D eigenvalue weighted by Gasteiger charge is -2.06. The average molecular weight is 360 g/mol. The maximum absolute atomic E-state index is 12.4. The number of carbonyl (C=O) groups is 2. The number of thiophene rings is 1. The second-order valence-corrected chi connectivity index (χ2v) is 6.11. The summed E-state index contributed by atoms with van der Waals surface area (Å²) in [5, 5.41) is 3.25. The number of hydrogen-bond acceptors (Lipinski definition) is 4. The van der Waals surface area contributed by atoms with Gasteiger partial charge in [-0.25, -0.2) is 0 Å². The number of aryl methyl sites for hydroxylation is 2. The van der Waals surface area contributed by atoms with E-state index < -0.39 is 30.2 Å². The van der Waals surface area contributed by atoms with Crippen LogP contribution in [0.5, 0.6) is 0 Å². The van der Waals surface area contributed by atoms with E-state index in [-0.39, 0.29) is 0 Å². The summed E-state index contributed by atoms with van der Waals surface area (Å²) in [6.45, 7) is 3.42. The Labute approximate surface area is 139 Å². The molecule has 0 bridgehead atoms. The van der Waals surface area contributed by atoms with Crippen molar-refractivity contribution < 1.29 is 22.8 Å². The van der Waals surface area contributed by atoms with Crippen molar-refractivity contribution in [2.75, 3.05) is 0 Å². The smallest absolute Gasteiger partial charge is 0.271 e. The predicted molar refractivity (Wildman–Crippen MR) is 81.3 cm³/mol. The molecule has 130 valence electrons. The maximum atomic E-state index is 12.4. The highest BCUT2D eigenvalue weighted by atomic mass is 32.1. The Balaban J connectivity index is 1.88. The number of carbonyl (C=O) groups excluding carboxylic acids is 2. The van der Waals surface area contributed by atoms with E-state index in [1.165, 1.54) is 11.3 Å². The van der Waals surface area contributed by atoms with E-state index in [4.69, 9.17) is 0 Å². The van der Waals surface area contributed by atoms with Crippen molar-refractivity contribution in [3.05, 3.63) is 39.3 Å². The Morgan fingerprint density at radius 2 is 2.04 bits per heavy atom. The third-order valence-electron chi connectivity index (χ3n) is 3.12. The van der Waals surface area contributed by atoms with Crippen LogP contribution in [0.15, 0.2) is 18.3 Å². The zero-order chi connectivity index (χ0) is 17.9. The lowest BCUT2D eigenvalue weighted by molar-refractivity contribution is -0.141. The molecule has 2 aromatic rings. The van der Waals surface area contributed by atoms with E-state index in [0.717, 1.165) is 33.8 Å². The van der Waals surface area contributed by atoms with E-state index >= 15 is 0 Å². The van der Waals surface area contributed by atoms with Crippen LogP contribution < -0.4 is 10.9 Å². The molecule has 2 N–H and O–H groups in total. The molecule has 2 rings (SSSR count). The molecule has 0 aliphatic heterocycles. The monoisotopic (exact) mass is 360 g/mol. The molecule has 0 unspecified atom stereocenters. The van der Waals surface area contributed by atoms with Crippen LogP contribution in [-0.2, 0) is 23.9 Å². The Hall–Kier alpha value is -2.36. The molecule has 0 radical (unpaired) electrons. The first-order chi connectivity index (χ1) is 11.2. The topological polar surface area (TPSA) is 76.0 Å². The van der Waals surface area contributed by atoms with Crippen LogP contribution in [0, 0.1) is 6.92 Å². The van der Waals surface area contributed by atoms with Crippen LogP contribution in [0.25, 0.3) is 0 Å². The molecule has 0 saturated carbocycles. The van der Waals surface area contributed by atoms with Gasteiger partial charge in [-0.15, -0.1) is 11.3 Å². The van der Waals surface area contributed by atoms with Gasteiger partial charge in [-0.1, -0.05) is 6.92 Å². The Morgan fingerprint density at radius 3 is 2.58 bits per heavy atom. The fraction of sp³-hybridized carbons (Fsp3) is 0.357. The van der Waals surface area contributed by atoms with Crippen LogP contribution in [-0.4, -0.2) is 21.6 Å². The normalized spacial score (nSPS) is 11.4. The number of alkyl halides is 3. The molecule has 0 atom stereocenters. The molecule has 0 fully saturated rings. The SMILES string of the molecule is CCc1sc(C(=O)NNC(=O)Cn2ccc(C(F)(F)F)n2)cc1C. The highest BCUT2D eigenvalue weighted by Crippen LogP contribution is 2.27. The van der Waals surface area contributed by atoms with Crippen molar-refractivity contribution >= 4 is 23.2 Å². The first-order valence-electron chi connectivity index (χ1n) is 7.00. The van der Waals surface area contributed by atoms with Gasteiger partial charge >= 0.3 is 6.18 Å². The molecule has 2 heterocycles. The van der Waals surface area contributed by atoms with Crippen LogP contribution in [0.2, 0.25) is 0 Å². The molecule has 24 heavy (non-hydrogen) atoms. The summed E-state index contributed by atoms with van der Waals surface area (Å²) in [7, 11) is 0. The number of nitrogens with one attached hydrogen (secondary N) is 2. The second kappa shape index (κ2) is 7.04. The van der Waals surface area contributed by atoms with Crippen molar-refractivity contribution in [1.29, 1.82) is 0 Å². The molecule has 0 saturated heterocycles. The van der Waals surface area contributed by atoms with Gasteiger partial charge in [0, 0.05) is 11.1 Å². The van der Waals surface area contributed by atoms with E-state index in [1.807, 2.05) is 13.8 Å². The van der Waals surface area contributed by atoms with Gasteiger partial charge < -0.3 is 0 Å². The number of nitrogens with zero attached hydrogens (tertiary/aromatic N) is 2. The zero-order valence-corrected chi connectivity index (χ0v) is 13.7. The molecule has 0 aliphatic rings. The Kier molecular flexibility index (Phi) is 5.27. The standard InChI is InChI=1S/C14H15F3N4O2S/c1-3-9-8(2)6-10(24-9)13(23)19-18-12(22)7-21-5-4-11(20-21)14(15,16)17/h4-6H,3,7H2,1-2H3,(H,18,22)(H,19,23). The van der Waals surface area contributed by atoms with Gasteiger partial charge in [-0.05, 0) is 31.0 Å². The number of halogens is 3. The van der Waals surface area contributed by atoms with E-state index in [2.05, 4.69) is 16.0 Å². The minimum atomic E-state index is -4.57. The third kappa shape index (κ3) is 4.34. The predicted octanol–water partition coefficient (Wildman–Crippen LogP) is 2.30. The summed E-state index contributed by atoms with van der Waals surface area (Å²) in [5.41, 5.74) is 4.29. The number of rotatable bonds is 4. The lowest BCUT2D eigenvalue weighted by atomic mass is 10.2. The maximum Gasteiger partial charge on any atom is 0.435 e. The minimum Gasteiger partial charge on any atom is -0.271 e. The molecular formula is C14H15F3N4O2S. The van der Waals surface area contributed by atoms with Crippen molar-refractivity contribution in [3.63, 3.8) is 0 Å². The van der Waals surface area contributed by atoms with Crippen LogP contribution >= 0.6 is 11.3 Å². The summed E-state index contributed by atoms with van der Waals surface area (Å²) in [6, 6.07) is 2.49. The largest absolute Gasteiger partial charge is 0.435 e. The van der Waals surface area contributed by atoms with E-state index in [9.17, 15) is 22.8 Å². The summed E-state index contributed by atoms with van der Waals surface area (Å²) < 4.78 is 38.1. The third-order valence-corrected chi connectivity index (χ3v) is 4.50. The summed E-state index contributed by atoms with van der Waals surface area (Å²) in [4.78, 5) is 25.1. The zero-order valence-electron chi connectivity index (χ0n) is 12.9. The van der Waals surface area contributed by atoms with E-state index in [1.54, 1.807) is 6.07 Å². The Morgan fingerprint density at radius 1 is 1.33 bits per heavy atom. The first-order valence-corrected chi connectivity index (χ1v) is 7.81. The van der Waals surface area contributed by atoms with Crippen LogP contribution in [0.4, 0.5) is 13.2 Å². The fourth-order valence-electron chi connectivity index (χ4n) is 1.96. The molecule has 0 aromatic carbocycles. The lowest BCUT2D eigenvalue weighted by Crippen LogP contribution is -2.43. The van der Waals surface area contributed by atoms with Crippen LogP contribution in [0.1, 0.15) is 32.7 Å². The highest BCUT2D eigenvalue weighted by Gasteiger charge is 2.33. The molecule has 2 amide bonds. The quantitative estimate of drug-likeness (QED) is 0.822. The summed E-state index contributed by atoms with van der Waals surface area (Å²) in [5.74, 6) is -1.17. The minimum absolute atomic E-state index is 0.444. The van der Waals surface area contributed by atoms with Gasteiger partial charge in [-0.2, -0.15) is 18.3 Å². The molecule has 0 aliphatic carbocycles. The first kappa shape index (κ1) is 18.0. The van der Waals surface area contributed by atoms with Gasteiger partial charge in [0.05, 0.1) is 4.88 Å². The van der Waals surface area contributed by atoms with Gasteiger partial charge in [0.2, 0.25) is 0 Å². The van der Waals surface area contributed by atoms with Gasteiger partial charge in [0.25, 0.3) is 11.8 Å². The number of hydrazine groups is 1. The Bertz CT molecular complexity index is 752. The second-order valence-electron chi connectivity index (χ2n) is 4.97. The van der Waals surface area contributed by atoms with Crippen molar-refractivity contribution in [1.82, 2.24) is 20.6 Å². The molecular weight excluding hydrogens is 345 g/mol.